The number of Topliss-reactive ketones (excluding diaryl/α,β-unsaturated/α-hetero) is 1. The first-order valence-corrected chi connectivity index (χ1v) is 9.62. The van der Waals surface area contributed by atoms with E-state index in [1.807, 2.05) is 20.8 Å². The highest BCUT2D eigenvalue weighted by Gasteiger charge is 2.24. The number of hydrogen-bond donors (Lipinski definition) is 0. The van der Waals surface area contributed by atoms with Gasteiger partial charge in [-0.2, -0.15) is 0 Å². The van der Waals surface area contributed by atoms with Gasteiger partial charge < -0.3 is 4.74 Å². The molecule has 0 unspecified atom stereocenters. The number of thiophene rings is 1. The van der Waals surface area contributed by atoms with E-state index in [-0.39, 0.29) is 11.2 Å². The van der Waals surface area contributed by atoms with Gasteiger partial charge in [-0.3, -0.25) is 9.69 Å². The largest absolute Gasteiger partial charge is 0.379 e. The van der Waals surface area contributed by atoms with Crippen LogP contribution < -0.4 is 0 Å². The Morgan fingerprint density at radius 2 is 1.96 bits per heavy atom. The predicted molar refractivity (Wildman–Crippen MR) is 101 cm³/mol. The highest BCUT2D eigenvalue weighted by atomic mass is 32.1. The SMILES string of the molecule is CC(C)(C)C(=O)c1cc2cc(CCCN3CCOCC3)ccc2s1. The van der Waals surface area contributed by atoms with Crippen LogP contribution in [-0.2, 0) is 11.2 Å². The molecule has 3 rings (SSSR count). The lowest BCUT2D eigenvalue weighted by atomic mass is 9.90. The summed E-state index contributed by atoms with van der Waals surface area (Å²) in [4.78, 5) is 15.8. The number of ketones is 1. The number of ether oxygens (including phenoxy) is 1. The molecule has 1 aliphatic heterocycles. The molecule has 0 aliphatic carbocycles. The predicted octanol–water partition coefficient (Wildman–Crippen LogP) is 4.39. The van der Waals surface area contributed by atoms with Crippen LogP contribution in [0.5, 0.6) is 0 Å². The van der Waals surface area contributed by atoms with Gasteiger partial charge in [0.15, 0.2) is 5.78 Å². The number of benzene rings is 1. The zero-order chi connectivity index (χ0) is 17.2. The van der Waals surface area contributed by atoms with Crippen LogP contribution in [0.25, 0.3) is 10.1 Å². The summed E-state index contributed by atoms with van der Waals surface area (Å²) in [6, 6.07) is 8.71. The molecule has 24 heavy (non-hydrogen) atoms. The van der Waals surface area contributed by atoms with E-state index in [1.54, 1.807) is 11.3 Å². The normalized spacial score (nSPS) is 16.6. The first kappa shape index (κ1) is 17.6. The molecule has 0 bridgehead atoms. The highest BCUT2D eigenvalue weighted by molar-refractivity contribution is 7.20. The lowest BCUT2D eigenvalue weighted by Gasteiger charge is -2.26. The second-order valence-electron chi connectivity index (χ2n) is 7.62. The molecule has 1 aromatic heterocycles. The molecular weight excluding hydrogens is 318 g/mol. The van der Waals surface area contributed by atoms with Gasteiger partial charge in [-0.1, -0.05) is 32.9 Å². The fourth-order valence-electron chi connectivity index (χ4n) is 3.06. The van der Waals surface area contributed by atoms with Crippen LogP contribution in [0.15, 0.2) is 24.3 Å². The Hall–Kier alpha value is -1.23. The van der Waals surface area contributed by atoms with Gasteiger partial charge in [0.25, 0.3) is 0 Å². The van der Waals surface area contributed by atoms with Crippen LogP contribution in [-0.4, -0.2) is 43.5 Å². The maximum Gasteiger partial charge on any atom is 0.178 e. The Morgan fingerprint density at radius 1 is 1.21 bits per heavy atom. The summed E-state index contributed by atoms with van der Waals surface area (Å²) in [5.41, 5.74) is 1.05. The minimum atomic E-state index is -0.318. The van der Waals surface area contributed by atoms with Gasteiger partial charge in [-0.05, 0) is 42.5 Å². The summed E-state index contributed by atoms with van der Waals surface area (Å²) in [5.74, 6) is 0.234. The van der Waals surface area contributed by atoms with E-state index < -0.39 is 0 Å². The van der Waals surface area contributed by atoms with Crippen molar-refractivity contribution in [1.82, 2.24) is 4.90 Å². The third-order valence-corrected chi connectivity index (χ3v) is 5.64. The second kappa shape index (κ2) is 7.34. The quantitative estimate of drug-likeness (QED) is 0.753. The molecule has 3 nitrogen and oxygen atoms in total. The van der Waals surface area contributed by atoms with E-state index in [4.69, 9.17) is 4.74 Å². The summed E-state index contributed by atoms with van der Waals surface area (Å²) in [7, 11) is 0. The fraction of sp³-hybridized carbons (Fsp3) is 0.550. The van der Waals surface area contributed by atoms with E-state index >= 15 is 0 Å². The minimum absolute atomic E-state index is 0.234. The van der Waals surface area contributed by atoms with Crippen molar-refractivity contribution in [3.63, 3.8) is 0 Å². The molecule has 1 aromatic carbocycles. The lowest BCUT2D eigenvalue weighted by molar-refractivity contribution is 0.0375. The number of fused-ring (bicyclic) bond motifs is 1. The summed E-state index contributed by atoms with van der Waals surface area (Å²) >= 11 is 1.62. The van der Waals surface area contributed by atoms with Gasteiger partial charge in [0.1, 0.15) is 0 Å². The Labute approximate surface area is 148 Å². The average Bonchev–Trinajstić information content (AvgIpc) is 2.97. The Bertz CT molecular complexity index is 708. The second-order valence-corrected chi connectivity index (χ2v) is 8.70. The Morgan fingerprint density at radius 3 is 2.67 bits per heavy atom. The standard InChI is InChI=1S/C20H27NO2S/c1-20(2,3)19(22)18-14-16-13-15(6-7-17(16)24-18)5-4-8-21-9-11-23-12-10-21/h6-7,13-14H,4-5,8-12H2,1-3H3. The molecule has 130 valence electrons. The van der Waals surface area contributed by atoms with Crippen molar-refractivity contribution < 1.29 is 9.53 Å². The topological polar surface area (TPSA) is 29.5 Å². The minimum Gasteiger partial charge on any atom is -0.379 e. The van der Waals surface area contributed by atoms with Crippen molar-refractivity contribution in [2.24, 2.45) is 5.41 Å². The summed E-state index contributed by atoms with van der Waals surface area (Å²) in [6.45, 7) is 10.9. The highest BCUT2D eigenvalue weighted by Crippen LogP contribution is 2.31. The van der Waals surface area contributed by atoms with Crippen LogP contribution in [0.4, 0.5) is 0 Å². The molecule has 0 amide bonds. The zero-order valence-corrected chi connectivity index (χ0v) is 15.7. The van der Waals surface area contributed by atoms with Gasteiger partial charge in [-0.25, -0.2) is 0 Å². The Kier molecular flexibility index (Phi) is 5.38. The third-order valence-electron chi connectivity index (χ3n) is 4.53. The molecule has 0 spiro atoms. The van der Waals surface area contributed by atoms with Crippen LogP contribution >= 0.6 is 11.3 Å². The van der Waals surface area contributed by atoms with Crippen molar-refractivity contribution in [3.05, 3.63) is 34.7 Å². The molecule has 1 fully saturated rings. The van der Waals surface area contributed by atoms with E-state index in [0.717, 1.165) is 44.1 Å². The monoisotopic (exact) mass is 345 g/mol. The van der Waals surface area contributed by atoms with Gasteiger partial charge in [0.05, 0.1) is 18.1 Å². The molecule has 0 saturated carbocycles. The van der Waals surface area contributed by atoms with E-state index in [1.165, 1.54) is 22.1 Å². The van der Waals surface area contributed by atoms with Gasteiger partial charge in [-0.15, -0.1) is 11.3 Å². The lowest BCUT2D eigenvalue weighted by Crippen LogP contribution is -2.36. The molecule has 2 heterocycles. The molecule has 0 radical (unpaired) electrons. The average molecular weight is 346 g/mol. The molecular formula is C20H27NO2S. The molecule has 0 atom stereocenters. The maximum absolute atomic E-state index is 12.5. The molecule has 1 saturated heterocycles. The number of hydrogen-bond acceptors (Lipinski definition) is 4. The number of carbonyl (C=O) groups excluding carboxylic acids is 1. The van der Waals surface area contributed by atoms with Crippen molar-refractivity contribution in [2.45, 2.75) is 33.6 Å². The van der Waals surface area contributed by atoms with Crippen LogP contribution in [0.3, 0.4) is 0 Å². The molecule has 4 heteroatoms. The fourth-order valence-corrected chi connectivity index (χ4v) is 4.25. The summed E-state index contributed by atoms with van der Waals surface area (Å²) in [6.07, 6.45) is 2.26. The zero-order valence-electron chi connectivity index (χ0n) is 14.9. The Balaban J connectivity index is 1.64. The van der Waals surface area contributed by atoms with E-state index in [9.17, 15) is 4.79 Å². The van der Waals surface area contributed by atoms with Crippen molar-refractivity contribution in [2.75, 3.05) is 32.8 Å². The molecule has 1 aliphatic rings. The molecule has 0 N–H and O–H groups in total. The number of rotatable bonds is 5. The van der Waals surface area contributed by atoms with Crippen molar-refractivity contribution in [1.29, 1.82) is 0 Å². The number of aryl methyl sites for hydroxylation is 1. The first-order chi connectivity index (χ1) is 11.4. The molecule has 2 aromatic rings. The summed E-state index contributed by atoms with van der Waals surface area (Å²) in [5, 5.41) is 1.21. The first-order valence-electron chi connectivity index (χ1n) is 8.81. The van der Waals surface area contributed by atoms with Crippen LogP contribution in [0.1, 0.15) is 42.4 Å². The van der Waals surface area contributed by atoms with Gasteiger partial charge >= 0.3 is 0 Å². The van der Waals surface area contributed by atoms with Crippen LogP contribution in [0, 0.1) is 5.41 Å². The number of nitrogens with zero attached hydrogens (tertiary/aromatic N) is 1. The number of carbonyl (C=O) groups is 1. The van der Waals surface area contributed by atoms with Crippen molar-refractivity contribution >= 4 is 27.2 Å². The number of morpholine rings is 1. The van der Waals surface area contributed by atoms with E-state index in [2.05, 4.69) is 29.2 Å². The van der Waals surface area contributed by atoms with Crippen LogP contribution in [0.2, 0.25) is 0 Å². The maximum atomic E-state index is 12.5. The third kappa shape index (κ3) is 4.24. The van der Waals surface area contributed by atoms with Crippen molar-refractivity contribution in [3.8, 4) is 0 Å². The van der Waals surface area contributed by atoms with Gasteiger partial charge in [0, 0.05) is 23.2 Å². The summed E-state index contributed by atoms with van der Waals surface area (Å²) < 4.78 is 6.60. The van der Waals surface area contributed by atoms with E-state index in [0.29, 0.717) is 0 Å². The van der Waals surface area contributed by atoms with Gasteiger partial charge in [0.2, 0.25) is 0 Å². The smallest absolute Gasteiger partial charge is 0.178 e.